The summed E-state index contributed by atoms with van der Waals surface area (Å²) < 4.78 is 5.61. The Kier molecular flexibility index (Phi) is 2.73. The average Bonchev–Trinajstić information content (AvgIpc) is 2.81. The van der Waals surface area contributed by atoms with E-state index in [0.29, 0.717) is 23.6 Å². The van der Waals surface area contributed by atoms with Gasteiger partial charge in [-0.15, -0.1) is 0 Å². The molecule has 19 heavy (non-hydrogen) atoms. The zero-order chi connectivity index (χ0) is 13.2. The van der Waals surface area contributed by atoms with E-state index in [4.69, 9.17) is 10.00 Å². The van der Waals surface area contributed by atoms with Crippen LogP contribution < -0.4 is 4.74 Å². The summed E-state index contributed by atoms with van der Waals surface area (Å²) in [5.74, 6) is 1.28. The maximum absolute atomic E-state index is 11.5. The molecule has 1 heterocycles. The summed E-state index contributed by atoms with van der Waals surface area (Å²) in [6.45, 7) is 0. The van der Waals surface area contributed by atoms with Crippen LogP contribution in [0.1, 0.15) is 27.9 Å². The van der Waals surface area contributed by atoms with Crippen molar-refractivity contribution in [1.29, 1.82) is 5.26 Å². The number of carbonyl (C=O) groups is 1. The van der Waals surface area contributed by atoms with Crippen molar-refractivity contribution in [2.45, 2.75) is 12.8 Å². The molecule has 0 fully saturated rings. The van der Waals surface area contributed by atoms with Gasteiger partial charge in [-0.1, -0.05) is 0 Å². The van der Waals surface area contributed by atoms with E-state index in [9.17, 15) is 4.79 Å². The predicted molar refractivity (Wildman–Crippen MR) is 68.1 cm³/mol. The Balaban J connectivity index is 1.84. The topological polar surface area (TPSA) is 63.0 Å². The van der Waals surface area contributed by atoms with Crippen molar-refractivity contribution in [3.8, 4) is 17.7 Å². The molecule has 1 aliphatic carbocycles. The zero-order valence-electron chi connectivity index (χ0n) is 10.1. The Morgan fingerprint density at radius 2 is 2.11 bits per heavy atom. The lowest BCUT2D eigenvalue weighted by molar-refractivity contribution is 0.0994. The molecule has 1 aromatic heterocycles. The van der Waals surface area contributed by atoms with Crippen LogP contribution >= 0.6 is 0 Å². The molecule has 0 unspecified atom stereocenters. The van der Waals surface area contributed by atoms with Crippen molar-refractivity contribution in [3.63, 3.8) is 0 Å². The van der Waals surface area contributed by atoms with E-state index in [1.54, 1.807) is 24.3 Å². The zero-order valence-corrected chi connectivity index (χ0v) is 10.1. The normalized spacial score (nSPS) is 12.9. The van der Waals surface area contributed by atoms with Gasteiger partial charge in [0, 0.05) is 24.2 Å². The largest absolute Gasteiger partial charge is 0.439 e. The van der Waals surface area contributed by atoms with Crippen LogP contribution in [0.5, 0.6) is 11.6 Å². The Hall–Kier alpha value is -2.67. The maximum atomic E-state index is 11.5. The first-order chi connectivity index (χ1) is 9.26. The second kappa shape index (κ2) is 4.54. The monoisotopic (exact) mass is 250 g/mol. The maximum Gasteiger partial charge on any atom is 0.219 e. The van der Waals surface area contributed by atoms with Crippen LogP contribution in [0.2, 0.25) is 0 Å². The fourth-order valence-electron chi connectivity index (χ4n) is 2.12. The molecular formula is C15H10N2O2. The molecule has 4 heteroatoms. The first-order valence-electron chi connectivity index (χ1n) is 5.96. The SMILES string of the molecule is N#Cc1ccc(Oc2ccc3c(c2)CCC3=O)nc1. The Morgan fingerprint density at radius 1 is 1.21 bits per heavy atom. The Morgan fingerprint density at radius 3 is 2.84 bits per heavy atom. The minimum Gasteiger partial charge on any atom is -0.439 e. The third-order valence-electron chi connectivity index (χ3n) is 3.09. The van der Waals surface area contributed by atoms with Crippen LogP contribution in [-0.4, -0.2) is 10.8 Å². The number of benzene rings is 1. The van der Waals surface area contributed by atoms with Gasteiger partial charge in [0.25, 0.3) is 0 Å². The van der Waals surface area contributed by atoms with Crippen molar-refractivity contribution in [2.75, 3.05) is 0 Å². The second-order valence-electron chi connectivity index (χ2n) is 4.34. The molecule has 4 nitrogen and oxygen atoms in total. The number of ketones is 1. The molecule has 1 aromatic carbocycles. The van der Waals surface area contributed by atoms with Gasteiger partial charge in [-0.25, -0.2) is 4.98 Å². The molecule has 92 valence electrons. The van der Waals surface area contributed by atoms with Crippen LogP contribution in [-0.2, 0) is 6.42 Å². The molecule has 0 aliphatic heterocycles. The molecular weight excluding hydrogens is 240 g/mol. The lowest BCUT2D eigenvalue weighted by Gasteiger charge is -2.06. The van der Waals surface area contributed by atoms with E-state index in [1.165, 1.54) is 6.20 Å². The van der Waals surface area contributed by atoms with E-state index in [-0.39, 0.29) is 5.78 Å². The van der Waals surface area contributed by atoms with E-state index in [2.05, 4.69) is 4.98 Å². The molecule has 0 radical (unpaired) electrons. The number of carbonyl (C=O) groups excluding carboxylic acids is 1. The van der Waals surface area contributed by atoms with Gasteiger partial charge in [-0.3, -0.25) is 4.79 Å². The molecule has 0 bridgehead atoms. The summed E-state index contributed by atoms with van der Waals surface area (Å²) in [4.78, 5) is 15.6. The van der Waals surface area contributed by atoms with Gasteiger partial charge in [0.1, 0.15) is 11.8 Å². The first-order valence-corrected chi connectivity index (χ1v) is 5.96. The highest BCUT2D eigenvalue weighted by Crippen LogP contribution is 2.28. The highest BCUT2D eigenvalue weighted by molar-refractivity contribution is 6.00. The molecule has 0 saturated carbocycles. The Bertz CT molecular complexity index is 684. The van der Waals surface area contributed by atoms with Gasteiger partial charge in [-0.05, 0) is 36.2 Å². The molecule has 0 atom stereocenters. The number of aromatic nitrogens is 1. The van der Waals surface area contributed by atoms with E-state index in [0.717, 1.165) is 17.5 Å². The van der Waals surface area contributed by atoms with Gasteiger partial charge in [0.15, 0.2) is 5.78 Å². The lowest BCUT2D eigenvalue weighted by atomic mass is 10.1. The Labute approximate surface area is 110 Å². The van der Waals surface area contributed by atoms with Crippen LogP contribution in [0, 0.1) is 11.3 Å². The number of hydrogen-bond donors (Lipinski definition) is 0. The third-order valence-corrected chi connectivity index (χ3v) is 3.09. The standard InChI is InChI=1S/C15H10N2O2/c16-8-10-1-6-15(17-9-10)19-12-3-4-13-11(7-12)2-5-14(13)18/h1,3-4,6-7,9H,2,5H2. The average molecular weight is 250 g/mol. The van der Waals surface area contributed by atoms with Crippen LogP contribution in [0.3, 0.4) is 0 Å². The molecule has 0 N–H and O–H groups in total. The van der Waals surface area contributed by atoms with Crippen molar-refractivity contribution in [1.82, 2.24) is 4.98 Å². The third kappa shape index (κ3) is 2.18. The summed E-state index contributed by atoms with van der Waals surface area (Å²) in [6, 6.07) is 10.7. The predicted octanol–water partition coefficient (Wildman–Crippen LogP) is 2.87. The van der Waals surface area contributed by atoms with Crippen LogP contribution in [0.15, 0.2) is 36.5 Å². The number of ether oxygens (including phenoxy) is 1. The molecule has 2 aromatic rings. The number of aryl methyl sites for hydroxylation is 1. The van der Waals surface area contributed by atoms with Gasteiger partial charge in [0.2, 0.25) is 5.88 Å². The summed E-state index contributed by atoms with van der Waals surface area (Å²) >= 11 is 0. The molecule has 0 amide bonds. The number of nitrogens with zero attached hydrogens (tertiary/aromatic N) is 2. The van der Waals surface area contributed by atoms with Gasteiger partial charge in [-0.2, -0.15) is 5.26 Å². The van der Waals surface area contributed by atoms with Crippen LogP contribution in [0.4, 0.5) is 0 Å². The van der Waals surface area contributed by atoms with Crippen LogP contribution in [0.25, 0.3) is 0 Å². The summed E-state index contributed by atoms with van der Waals surface area (Å²) in [7, 11) is 0. The first kappa shape index (κ1) is 11.4. The van der Waals surface area contributed by atoms with E-state index >= 15 is 0 Å². The summed E-state index contributed by atoms with van der Waals surface area (Å²) in [5, 5.41) is 8.69. The second-order valence-corrected chi connectivity index (χ2v) is 4.34. The number of fused-ring (bicyclic) bond motifs is 1. The van der Waals surface area contributed by atoms with Gasteiger partial charge >= 0.3 is 0 Å². The van der Waals surface area contributed by atoms with E-state index < -0.39 is 0 Å². The highest BCUT2D eigenvalue weighted by atomic mass is 16.5. The number of nitriles is 1. The van der Waals surface area contributed by atoms with Crippen molar-refractivity contribution in [2.24, 2.45) is 0 Å². The summed E-state index contributed by atoms with van der Waals surface area (Å²) in [6.07, 6.45) is 2.81. The van der Waals surface area contributed by atoms with Gasteiger partial charge in [0.05, 0.1) is 5.56 Å². The van der Waals surface area contributed by atoms with Crippen molar-refractivity contribution in [3.05, 3.63) is 53.2 Å². The van der Waals surface area contributed by atoms with Crippen molar-refractivity contribution >= 4 is 5.78 Å². The fourth-order valence-corrected chi connectivity index (χ4v) is 2.12. The number of Topliss-reactive ketones (excluding diaryl/α,β-unsaturated/α-hetero) is 1. The van der Waals surface area contributed by atoms with E-state index in [1.807, 2.05) is 12.1 Å². The van der Waals surface area contributed by atoms with Crippen molar-refractivity contribution < 1.29 is 9.53 Å². The number of hydrogen-bond acceptors (Lipinski definition) is 4. The summed E-state index contributed by atoms with van der Waals surface area (Å²) in [5.41, 5.74) is 2.31. The molecule has 3 rings (SSSR count). The smallest absolute Gasteiger partial charge is 0.219 e. The lowest BCUT2D eigenvalue weighted by Crippen LogP contribution is -1.92. The minimum absolute atomic E-state index is 0.193. The highest BCUT2D eigenvalue weighted by Gasteiger charge is 2.19. The minimum atomic E-state index is 0.193. The molecule has 0 saturated heterocycles. The number of rotatable bonds is 2. The quantitative estimate of drug-likeness (QED) is 0.822. The fraction of sp³-hybridized carbons (Fsp3) is 0.133. The molecule has 0 spiro atoms. The van der Waals surface area contributed by atoms with Gasteiger partial charge < -0.3 is 4.74 Å². The molecule has 1 aliphatic rings. The number of pyridine rings is 1.